The van der Waals surface area contributed by atoms with Crippen molar-refractivity contribution in [2.45, 2.75) is 102 Å². The third-order valence-electron chi connectivity index (χ3n) is 11.4. The number of allylic oxidation sites excluding steroid dienone is 1. The average molecular weight is 560 g/mol. The summed E-state index contributed by atoms with van der Waals surface area (Å²) in [5, 5.41) is 30.8. The maximum Gasteiger partial charge on any atom is 0.326 e. The Bertz CT molecular complexity index is 1150. The molecule has 3 N–H and O–H groups in total. The molecule has 0 aromatic heterocycles. The zero-order valence-corrected chi connectivity index (χ0v) is 23.4. The van der Waals surface area contributed by atoms with Crippen molar-refractivity contribution in [2.24, 2.45) is 28.6 Å². The molecule has 8 atom stereocenters. The van der Waals surface area contributed by atoms with Crippen LogP contribution in [0.1, 0.15) is 84.5 Å². The van der Waals surface area contributed by atoms with Gasteiger partial charge in [-0.3, -0.25) is 19.2 Å². The molecule has 0 unspecified atom stereocenters. The molecule has 0 radical (unpaired) electrons. The summed E-state index contributed by atoms with van der Waals surface area (Å²) < 4.78 is 5.19. The van der Waals surface area contributed by atoms with E-state index in [2.05, 4.69) is 6.92 Å². The SMILES string of the molecule is C[C@]12CCC(=O)C=C1CC[C@H]1[C@H]2CC[C@@]2(C)[C@H]1CC[C@]2(O)C(=O)COC(=O)CCC(=O)N1C[C@@H](O)C[C@H]1C(=O)O. The van der Waals surface area contributed by atoms with Gasteiger partial charge in [0.1, 0.15) is 11.6 Å². The standard InChI is InChI=1S/C30H41NO9/c1-28-10-7-18(32)13-17(28)3-4-20-21(28)8-11-29(2)22(20)9-12-30(29,39)24(34)16-40-26(36)6-5-25(35)31-15-19(33)14-23(31)27(37)38/h13,19-23,33,39H,3-12,14-16H2,1-2H3,(H,37,38)/t19-,20-,21+,22-,23-,28-,29-,30-/m0/s1. The van der Waals surface area contributed by atoms with Gasteiger partial charge in [0.2, 0.25) is 11.7 Å². The molecule has 0 bridgehead atoms. The van der Waals surface area contributed by atoms with Gasteiger partial charge in [0.25, 0.3) is 0 Å². The van der Waals surface area contributed by atoms with E-state index in [1.54, 1.807) is 0 Å². The van der Waals surface area contributed by atoms with E-state index in [-0.39, 0.29) is 42.9 Å². The van der Waals surface area contributed by atoms with Crippen LogP contribution in [0, 0.1) is 28.6 Å². The van der Waals surface area contributed by atoms with Gasteiger partial charge in [-0.1, -0.05) is 19.4 Å². The highest BCUT2D eigenvalue weighted by molar-refractivity contribution is 5.92. The first kappa shape index (κ1) is 28.9. The molecule has 4 fully saturated rings. The number of ketones is 2. The molecule has 0 aromatic rings. The number of aliphatic carboxylic acids is 1. The Morgan fingerprint density at radius 3 is 2.48 bits per heavy atom. The van der Waals surface area contributed by atoms with Crippen LogP contribution in [0.3, 0.4) is 0 Å². The van der Waals surface area contributed by atoms with Crippen molar-refractivity contribution in [1.82, 2.24) is 4.90 Å². The summed E-state index contributed by atoms with van der Waals surface area (Å²) in [5.41, 5.74) is -0.965. The molecule has 5 rings (SSSR count). The number of esters is 1. The lowest BCUT2D eigenvalue weighted by molar-refractivity contribution is -0.170. The first-order chi connectivity index (χ1) is 18.8. The van der Waals surface area contributed by atoms with Crippen LogP contribution in [-0.4, -0.2) is 80.5 Å². The number of fused-ring (bicyclic) bond motifs is 5. The molecule has 0 spiro atoms. The average Bonchev–Trinajstić information content (AvgIpc) is 3.44. The Hall–Kier alpha value is -2.59. The van der Waals surface area contributed by atoms with Crippen LogP contribution in [0.15, 0.2) is 11.6 Å². The second-order valence-corrected chi connectivity index (χ2v) is 13.2. The van der Waals surface area contributed by atoms with Crippen LogP contribution in [-0.2, 0) is 28.7 Å². The topological polar surface area (TPSA) is 159 Å². The van der Waals surface area contributed by atoms with E-state index in [9.17, 15) is 39.3 Å². The minimum absolute atomic E-state index is 0.00647. The van der Waals surface area contributed by atoms with Gasteiger partial charge >= 0.3 is 11.9 Å². The lowest BCUT2D eigenvalue weighted by Crippen LogP contribution is -2.58. The highest BCUT2D eigenvalue weighted by Crippen LogP contribution is 2.67. The van der Waals surface area contributed by atoms with Gasteiger partial charge in [0.15, 0.2) is 12.4 Å². The summed E-state index contributed by atoms with van der Waals surface area (Å²) in [6.45, 7) is 3.61. The summed E-state index contributed by atoms with van der Waals surface area (Å²) in [6, 6.07) is -1.13. The predicted octanol–water partition coefficient (Wildman–Crippen LogP) is 2.19. The number of hydrogen-bond donors (Lipinski definition) is 3. The molecule has 0 aromatic carbocycles. The van der Waals surface area contributed by atoms with Crippen LogP contribution in [0.4, 0.5) is 0 Å². The zero-order valence-electron chi connectivity index (χ0n) is 23.4. The summed E-state index contributed by atoms with van der Waals surface area (Å²) in [6.07, 6.45) is 6.12. The second kappa shape index (κ2) is 10.4. The Labute approximate surface area is 234 Å². The minimum Gasteiger partial charge on any atom is -0.480 e. The van der Waals surface area contributed by atoms with Gasteiger partial charge in [-0.05, 0) is 74.2 Å². The number of carbonyl (C=O) groups excluding carboxylic acids is 4. The molecule has 10 heteroatoms. The largest absolute Gasteiger partial charge is 0.480 e. The molecule has 1 aliphatic heterocycles. The molecule has 220 valence electrons. The Kier molecular flexibility index (Phi) is 7.48. The molecular weight excluding hydrogens is 518 g/mol. The lowest BCUT2D eigenvalue weighted by atomic mass is 9.46. The number of carboxylic acids is 1. The summed E-state index contributed by atoms with van der Waals surface area (Å²) in [5.74, 6) is -1.91. The molecule has 4 aliphatic carbocycles. The summed E-state index contributed by atoms with van der Waals surface area (Å²) in [7, 11) is 0. The normalized spacial score (nSPS) is 40.5. The smallest absolute Gasteiger partial charge is 0.326 e. The fourth-order valence-electron chi connectivity index (χ4n) is 9.05. The first-order valence-electron chi connectivity index (χ1n) is 14.7. The number of Topliss-reactive ketones (excluding diaryl/α,β-unsaturated/α-hetero) is 1. The maximum absolute atomic E-state index is 13.4. The molecule has 1 heterocycles. The third-order valence-corrected chi connectivity index (χ3v) is 11.4. The number of amides is 1. The molecule has 1 saturated heterocycles. The molecule has 1 amide bonds. The van der Waals surface area contributed by atoms with Crippen molar-refractivity contribution in [2.75, 3.05) is 13.2 Å². The van der Waals surface area contributed by atoms with Gasteiger partial charge in [-0.15, -0.1) is 0 Å². The van der Waals surface area contributed by atoms with Crippen molar-refractivity contribution in [3.63, 3.8) is 0 Å². The van der Waals surface area contributed by atoms with Crippen molar-refractivity contribution in [1.29, 1.82) is 0 Å². The molecule has 40 heavy (non-hydrogen) atoms. The van der Waals surface area contributed by atoms with Crippen molar-refractivity contribution in [3.8, 4) is 0 Å². The number of nitrogens with zero attached hydrogens (tertiary/aromatic N) is 1. The quantitative estimate of drug-likeness (QED) is 0.398. The highest BCUT2D eigenvalue weighted by Gasteiger charge is 2.66. The van der Waals surface area contributed by atoms with E-state index in [0.29, 0.717) is 31.1 Å². The zero-order chi connectivity index (χ0) is 29.0. The van der Waals surface area contributed by atoms with E-state index in [0.717, 1.165) is 37.0 Å². The van der Waals surface area contributed by atoms with Crippen LogP contribution < -0.4 is 0 Å². The summed E-state index contributed by atoms with van der Waals surface area (Å²) >= 11 is 0. The monoisotopic (exact) mass is 559 g/mol. The highest BCUT2D eigenvalue weighted by atomic mass is 16.5. The molecule has 10 nitrogen and oxygen atoms in total. The minimum atomic E-state index is -1.60. The van der Waals surface area contributed by atoms with Gasteiger partial charge in [-0.25, -0.2) is 4.79 Å². The van der Waals surface area contributed by atoms with E-state index < -0.39 is 53.4 Å². The van der Waals surface area contributed by atoms with Crippen LogP contribution in [0.5, 0.6) is 0 Å². The number of ether oxygens (including phenoxy) is 1. The Morgan fingerprint density at radius 1 is 1.02 bits per heavy atom. The number of carboxylic acid groups (broad SMARTS) is 1. The van der Waals surface area contributed by atoms with E-state index >= 15 is 0 Å². The van der Waals surface area contributed by atoms with Gasteiger partial charge in [-0.2, -0.15) is 0 Å². The maximum atomic E-state index is 13.4. The number of aliphatic hydroxyl groups excluding tert-OH is 1. The number of rotatable bonds is 7. The third kappa shape index (κ3) is 4.61. The lowest BCUT2D eigenvalue weighted by Gasteiger charge is -2.58. The van der Waals surface area contributed by atoms with Crippen LogP contribution in [0.2, 0.25) is 0 Å². The number of aliphatic hydroxyl groups is 2. The number of carbonyl (C=O) groups is 5. The van der Waals surface area contributed by atoms with Crippen molar-refractivity contribution in [3.05, 3.63) is 11.6 Å². The molecule has 5 aliphatic rings. The van der Waals surface area contributed by atoms with E-state index in [1.165, 1.54) is 5.57 Å². The van der Waals surface area contributed by atoms with Gasteiger partial charge < -0.3 is 25.0 Å². The Balaban J connectivity index is 1.18. The summed E-state index contributed by atoms with van der Waals surface area (Å²) in [4.78, 5) is 62.7. The van der Waals surface area contributed by atoms with E-state index in [1.807, 2.05) is 13.0 Å². The molecular formula is C30H41NO9. The van der Waals surface area contributed by atoms with Crippen molar-refractivity contribution < 1.29 is 44.0 Å². The Morgan fingerprint density at radius 2 is 1.75 bits per heavy atom. The fraction of sp³-hybridized carbons (Fsp3) is 0.767. The van der Waals surface area contributed by atoms with Crippen LogP contribution >= 0.6 is 0 Å². The van der Waals surface area contributed by atoms with E-state index in [4.69, 9.17) is 4.74 Å². The van der Waals surface area contributed by atoms with Gasteiger partial charge in [0.05, 0.1) is 12.5 Å². The number of hydrogen-bond acceptors (Lipinski definition) is 8. The van der Waals surface area contributed by atoms with Crippen LogP contribution in [0.25, 0.3) is 0 Å². The predicted molar refractivity (Wildman–Crippen MR) is 141 cm³/mol. The first-order valence-corrected chi connectivity index (χ1v) is 14.7. The number of likely N-dealkylation sites (tertiary alicyclic amines) is 1. The molecule has 3 saturated carbocycles. The van der Waals surface area contributed by atoms with Crippen molar-refractivity contribution >= 4 is 29.4 Å². The second-order valence-electron chi connectivity index (χ2n) is 13.2. The van der Waals surface area contributed by atoms with Gasteiger partial charge in [0, 0.05) is 31.2 Å². The fourth-order valence-corrected chi connectivity index (χ4v) is 9.05. The number of β-amino-alcohol motifs (C(OH)–C–C–N with tert-alkyl or cyclic N) is 1.